The molecule has 1 saturated carbocycles. The van der Waals surface area contributed by atoms with Gasteiger partial charge in [0.15, 0.2) is 0 Å². The molecule has 1 N–H and O–H groups in total. The van der Waals surface area contributed by atoms with E-state index in [1.807, 2.05) is 18.0 Å². The van der Waals surface area contributed by atoms with E-state index in [1.54, 1.807) is 0 Å². The minimum atomic E-state index is 0.424. The van der Waals surface area contributed by atoms with Crippen LogP contribution < -0.4 is 5.32 Å². The van der Waals surface area contributed by atoms with Crippen molar-refractivity contribution in [1.29, 1.82) is 0 Å². The lowest BCUT2D eigenvalue weighted by Crippen LogP contribution is -2.30. The first-order valence-electron chi connectivity index (χ1n) is 6.13. The molecule has 90 valence electrons. The summed E-state index contributed by atoms with van der Waals surface area (Å²) in [6.45, 7) is 3.02. The van der Waals surface area contributed by atoms with Crippen LogP contribution in [0.4, 0.5) is 5.69 Å². The largest absolute Gasteiger partial charge is 0.381 e. The molecule has 0 amide bonds. The molecule has 0 radical (unpaired) electrons. The normalized spacial score (nSPS) is 25.6. The highest BCUT2D eigenvalue weighted by Crippen LogP contribution is 2.23. The minimum absolute atomic E-state index is 0.424. The van der Waals surface area contributed by atoms with Crippen LogP contribution in [0.2, 0.25) is 0 Å². The molecule has 1 heterocycles. The van der Waals surface area contributed by atoms with Crippen LogP contribution in [0.3, 0.4) is 0 Å². The molecule has 0 aliphatic heterocycles. The predicted molar refractivity (Wildman–Crippen MR) is 64.6 cm³/mol. The van der Waals surface area contributed by atoms with Crippen molar-refractivity contribution in [2.75, 3.05) is 12.4 Å². The Morgan fingerprint density at radius 3 is 3.12 bits per heavy atom. The van der Waals surface area contributed by atoms with Crippen LogP contribution in [-0.2, 0) is 11.3 Å². The third-order valence-corrected chi connectivity index (χ3v) is 3.29. The fourth-order valence-corrected chi connectivity index (χ4v) is 2.34. The number of nitrogens with zero attached hydrogens (tertiary/aromatic N) is 2. The fraction of sp³-hybridized carbons (Fsp3) is 0.750. The van der Waals surface area contributed by atoms with Gasteiger partial charge in [-0.2, -0.15) is 5.10 Å². The molecule has 2 rings (SSSR count). The van der Waals surface area contributed by atoms with Gasteiger partial charge >= 0.3 is 0 Å². The second-order valence-corrected chi connectivity index (χ2v) is 4.45. The van der Waals surface area contributed by atoms with Gasteiger partial charge in [-0.1, -0.05) is 0 Å². The molecule has 4 heteroatoms. The number of hydrogen-bond acceptors (Lipinski definition) is 3. The lowest BCUT2D eigenvalue weighted by Gasteiger charge is -2.29. The monoisotopic (exact) mass is 223 g/mol. The van der Waals surface area contributed by atoms with Crippen molar-refractivity contribution in [2.45, 2.75) is 51.3 Å². The molecular formula is C12H21N3O. The summed E-state index contributed by atoms with van der Waals surface area (Å²) in [5.41, 5.74) is 1.13. The molecule has 0 aromatic carbocycles. The summed E-state index contributed by atoms with van der Waals surface area (Å²) in [6, 6.07) is 0.535. The first kappa shape index (κ1) is 11.5. The SMILES string of the molecule is CCn1cc(NC2CCCC(OC)C2)cn1. The third kappa shape index (κ3) is 2.76. The van der Waals surface area contributed by atoms with Gasteiger partial charge in [0.1, 0.15) is 0 Å². The van der Waals surface area contributed by atoms with Gasteiger partial charge in [-0.05, 0) is 32.6 Å². The Balaban J connectivity index is 1.88. The number of hydrogen-bond donors (Lipinski definition) is 1. The molecule has 0 bridgehead atoms. The number of methoxy groups -OCH3 is 1. The van der Waals surface area contributed by atoms with Crippen molar-refractivity contribution in [2.24, 2.45) is 0 Å². The molecule has 16 heavy (non-hydrogen) atoms. The van der Waals surface area contributed by atoms with Crippen molar-refractivity contribution in [3.05, 3.63) is 12.4 Å². The van der Waals surface area contributed by atoms with E-state index in [1.165, 1.54) is 19.3 Å². The Labute approximate surface area is 97.0 Å². The maximum atomic E-state index is 5.42. The molecule has 1 aliphatic rings. The average molecular weight is 223 g/mol. The van der Waals surface area contributed by atoms with E-state index in [2.05, 4.69) is 23.5 Å². The molecule has 1 aromatic heterocycles. The number of ether oxygens (including phenoxy) is 1. The van der Waals surface area contributed by atoms with Crippen LogP contribution in [0, 0.1) is 0 Å². The lowest BCUT2D eigenvalue weighted by molar-refractivity contribution is 0.0669. The molecule has 1 fully saturated rings. The number of rotatable bonds is 4. The highest BCUT2D eigenvalue weighted by atomic mass is 16.5. The van der Waals surface area contributed by atoms with Crippen molar-refractivity contribution in [3.63, 3.8) is 0 Å². The summed E-state index contributed by atoms with van der Waals surface area (Å²) < 4.78 is 7.37. The van der Waals surface area contributed by atoms with E-state index in [4.69, 9.17) is 4.74 Å². The summed E-state index contributed by atoms with van der Waals surface area (Å²) in [4.78, 5) is 0. The van der Waals surface area contributed by atoms with Gasteiger partial charge in [0.05, 0.1) is 18.0 Å². The first-order valence-corrected chi connectivity index (χ1v) is 6.13. The molecule has 4 nitrogen and oxygen atoms in total. The van der Waals surface area contributed by atoms with Crippen LogP contribution in [0.25, 0.3) is 0 Å². The Bertz CT molecular complexity index is 324. The highest BCUT2D eigenvalue weighted by Gasteiger charge is 2.21. The highest BCUT2D eigenvalue weighted by molar-refractivity contribution is 5.39. The predicted octanol–water partition coefficient (Wildman–Crippen LogP) is 2.27. The average Bonchev–Trinajstić information content (AvgIpc) is 2.77. The molecule has 1 aromatic rings. The second kappa shape index (κ2) is 5.34. The van der Waals surface area contributed by atoms with Crippen LogP contribution in [-0.4, -0.2) is 29.0 Å². The van der Waals surface area contributed by atoms with E-state index >= 15 is 0 Å². The van der Waals surface area contributed by atoms with Crippen LogP contribution in [0.15, 0.2) is 12.4 Å². The van der Waals surface area contributed by atoms with E-state index in [9.17, 15) is 0 Å². The molecule has 2 unspecified atom stereocenters. The van der Waals surface area contributed by atoms with Gasteiger partial charge in [-0.3, -0.25) is 4.68 Å². The number of anilines is 1. The summed E-state index contributed by atoms with van der Waals surface area (Å²) in [7, 11) is 1.81. The summed E-state index contributed by atoms with van der Waals surface area (Å²) in [5.74, 6) is 0. The van der Waals surface area contributed by atoms with E-state index in [-0.39, 0.29) is 0 Å². The van der Waals surface area contributed by atoms with Gasteiger partial charge < -0.3 is 10.1 Å². The van der Waals surface area contributed by atoms with Gasteiger partial charge in [0.25, 0.3) is 0 Å². The zero-order chi connectivity index (χ0) is 11.4. The quantitative estimate of drug-likeness (QED) is 0.851. The zero-order valence-electron chi connectivity index (χ0n) is 10.1. The fourth-order valence-electron chi connectivity index (χ4n) is 2.34. The maximum absolute atomic E-state index is 5.42. The Morgan fingerprint density at radius 1 is 1.56 bits per heavy atom. The van der Waals surface area contributed by atoms with Crippen molar-refractivity contribution < 1.29 is 4.74 Å². The number of aromatic nitrogens is 2. The smallest absolute Gasteiger partial charge is 0.0728 e. The van der Waals surface area contributed by atoms with Crippen molar-refractivity contribution in [3.8, 4) is 0 Å². The summed E-state index contributed by atoms with van der Waals surface area (Å²) in [6.07, 6.45) is 9.18. The van der Waals surface area contributed by atoms with Gasteiger partial charge in [0.2, 0.25) is 0 Å². The Hall–Kier alpha value is -1.03. The topological polar surface area (TPSA) is 39.1 Å². The maximum Gasteiger partial charge on any atom is 0.0728 e. The molecule has 2 atom stereocenters. The van der Waals surface area contributed by atoms with E-state index in [0.29, 0.717) is 12.1 Å². The van der Waals surface area contributed by atoms with Gasteiger partial charge in [-0.25, -0.2) is 0 Å². The molecule has 1 aliphatic carbocycles. The van der Waals surface area contributed by atoms with Crippen LogP contribution >= 0.6 is 0 Å². The Kier molecular flexibility index (Phi) is 3.83. The lowest BCUT2D eigenvalue weighted by atomic mass is 9.93. The Morgan fingerprint density at radius 2 is 2.44 bits per heavy atom. The summed E-state index contributed by atoms with van der Waals surface area (Å²) in [5, 5.41) is 7.80. The molecular weight excluding hydrogens is 202 g/mol. The standard InChI is InChI=1S/C12H21N3O/c1-3-15-9-11(8-13-15)14-10-5-4-6-12(7-10)16-2/h8-10,12,14H,3-7H2,1-2H3. The van der Waals surface area contributed by atoms with Gasteiger partial charge in [-0.15, -0.1) is 0 Å². The number of aryl methyl sites for hydroxylation is 1. The first-order chi connectivity index (χ1) is 7.81. The number of nitrogens with one attached hydrogen (secondary N) is 1. The van der Waals surface area contributed by atoms with E-state index in [0.717, 1.165) is 18.7 Å². The minimum Gasteiger partial charge on any atom is -0.381 e. The molecule has 0 spiro atoms. The van der Waals surface area contributed by atoms with Crippen LogP contribution in [0.1, 0.15) is 32.6 Å². The van der Waals surface area contributed by atoms with Crippen LogP contribution in [0.5, 0.6) is 0 Å². The van der Waals surface area contributed by atoms with Crippen molar-refractivity contribution in [1.82, 2.24) is 9.78 Å². The van der Waals surface area contributed by atoms with E-state index < -0.39 is 0 Å². The summed E-state index contributed by atoms with van der Waals surface area (Å²) >= 11 is 0. The third-order valence-electron chi connectivity index (χ3n) is 3.29. The second-order valence-electron chi connectivity index (χ2n) is 4.45. The zero-order valence-corrected chi connectivity index (χ0v) is 10.1. The van der Waals surface area contributed by atoms with Gasteiger partial charge in [0, 0.05) is 25.9 Å². The molecule has 0 saturated heterocycles. The van der Waals surface area contributed by atoms with Crippen molar-refractivity contribution >= 4 is 5.69 Å².